The third-order valence-corrected chi connectivity index (χ3v) is 3.52. The summed E-state index contributed by atoms with van der Waals surface area (Å²) < 4.78 is 9.78. The van der Waals surface area contributed by atoms with Gasteiger partial charge in [0.1, 0.15) is 0 Å². The predicted octanol–water partition coefficient (Wildman–Crippen LogP) is 1.49. The van der Waals surface area contributed by atoms with E-state index in [2.05, 4.69) is 10.3 Å². The van der Waals surface area contributed by atoms with E-state index < -0.39 is 5.76 Å². The van der Waals surface area contributed by atoms with E-state index in [0.717, 1.165) is 18.5 Å². The molecule has 1 aliphatic rings. The lowest BCUT2D eigenvalue weighted by Crippen LogP contribution is -2.25. The maximum Gasteiger partial charge on any atom is 0.417 e. The molecule has 0 bridgehead atoms. The van der Waals surface area contributed by atoms with Crippen molar-refractivity contribution in [3.05, 3.63) is 28.7 Å². The number of benzene rings is 1. The quantitative estimate of drug-likeness (QED) is 0.815. The van der Waals surface area contributed by atoms with E-state index in [9.17, 15) is 9.59 Å². The van der Waals surface area contributed by atoms with Crippen LogP contribution in [0.15, 0.2) is 27.4 Å². The Morgan fingerprint density at radius 3 is 3.00 bits per heavy atom. The molecule has 3 rings (SSSR count). The van der Waals surface area contributed by atoms with E-state index in [1.165, 1.54) is 7.11 Å². The summed E-state index contributed by atoms with van der Waals surface area (Å²) in [6.45, 7) is 0.528. The average Bonchev–Trinajstić information content (AvgIpc) is 3.11. The van der Waals surface area contributed by atoms with Crippen LogP contribution in [0.4, 0.5) is 5.69 Å². The first-order chi connectivity index (χ1) is 9.13. The summed E-state index contributed by atoms with van der Waals surface area (Å²) in [6, 6.07) is 5.34. The number of hydrogen-bond acceptors (Lipinski definition) is 5. The van der Waals surface area contributed by atoms with Gasteiger partial charge in [0.25, 0.3) is 0 Å². The number of carbonyl (C=O) groups is 1. The van der Waals surface area contributed by atoms with Crippen molar-refractivity contribution in [1.82, 2.24) is 4.98 Å². The molecule has 0 radical (unpaired) electrons. The van der Waals surface area contributed by atoms with Crippen LogP contribution in [0, 0.1) is 5.41 Å². The number of fused-ring (bicyclic) bond motifs is 1. The maximum absolute atomic E-state index is 11.6. The van der Waals surface area contributed by atoms with E-state index in [1.807, 2.05) is 6.07 Å². The lowest BCUT2D eigenvalue weighted by Gasteiger charge is -2.14. The highest BCUT2D eigenvalue weighted by Crippen LogP contribution is 2.46. The second-order valence-electron chi connectivity index (χ2n) is 4.85. The van der Waals surface area contributed by atoms with E-state index in [1.54, 1.807) is 12.1 Å². The Bertz CT molecular complexity index is 681. The molecule has 1 aromatic carbocycles. The van der Waals surface area contributed by atoms with Crippen molar-refractivity contribution >= 4 is 22.8 Å². The number of carbonyl (C=O) groups excluding carboxylic acids is 1. The second kappa shape index (κ2) is 4.15. The summed E-state index contributed by atoms with van der Waals surface area (Å²) in [5.74, 6) is -0.644. The zero-order valence-corrected chi connectivity index (χ0v) is 10.5. The molecular formula is C13H14N2O4. The van der Waals surface area contributed by atoms with Crippen LogP contribution in [0.2, 0.25) is 0 Å². The van der Waals surface area contributed by atoms with Crippen LogP contribution in [0.1, 0.15) is 12.8 Å². The zero-order chi connectivity index (χ0) is 13.5. The van der Waals surface area contributed by atoms with E-state index in [0.29, 0.717) is 17.6 Å². The monoisotopic (exact) mass is 262 g/mol. The third-order valence-electron chi connectivity index (χ3n) is 3.52. The van der Waals surface area contributed by atoms with Gasteiger partial charge in [0.2, 0.25) is 0 Å². The largest absolute Gasteiger partial charge is 0.469 e. The van der Waals surface area contributed by atoms with Crippen LogP contribution in [-0.2, 0) is 9.53 Å². The van der Waals surface area contributed by atoms with Crippen molar-refractivity contribution in [2.45, 2.75) is 12.8 Å². The highest BCUT2D eigenvalue weighted by atomic mass is 16.5. The number of H-pyrrole nitrogens is 1. The van der Waals surface area contributed by atoms with Crippen molar-refractivity contribution in [2.75, 3.05) is 19.0 Å². The van der Waals surface area contributed by atoms with E-state index >= 15 is 0 Å². The van der Waals surface area contributed by atoms with Gasteiger partial charge in [-0.15, -0.1) is 0 Å². The van der Waals surface area contributed by atoms with Crippen molar-refractivity contribution in [3.63, 3.8) is 0 Å². The minimum Gasteiger partial charge on any atom is -0.469 e. The number of hydrogen-bond donors (Lipinski definition) is 2. The summed E-state index contributed by atoms with van der Waals surface area (Å²) in [5.41, 5.74) is 1.58. The number of anilines is 1. The molecule has 0 atom stereocenters. The lowest BCUT2D eigenvalue weighted by atomic mass is 10.1. The van der Waals surface area contributed by atoms with Crippen molar-refractivity contribution in [2.24, 2.45) is 5.41 Å². The standard InChI is InChI=1S/C13H14N2O4/c1-18-11(16)13(4-5-13)7-14-8-2-3-9-10(6-8)19-12(17)15-9/h2-3,6,14H,4-5,7H2,1H3,(H,15,17). The maximum atomic E-state index is 11.6. The number of ether oxygens (including phenoxy) is 1. The van der Waals surface area contributed by atoms with Crippen LogP contribution >= 0.6 is 0 Å². The third kappa shape index (κ3) is 2.09. The molecule has 1 fully saturated rings. The van der Waals surface area contributed by atoms with Gasteiger partial charge in [-0.1, -0.05) is 0 Å². The molecule has 2 N–H and O–H groups in total. The van der Waals surface area contributed by atoms with Gasteiger partial charge in [-0.3, -0.25) is 9.78 Å². The smallest absolute Gasteiger partial charge is 0.417 e. The van der Waals surface area contributed by atoms with Crippen LogP contribution in [0.25, 0.3) is 11.1 Å². The fourth-order valence-electron chi connectivity index (χ4n) is 2.15. The Kier molecular flexibility index (Phi) is 2.58. The zero-order valence-electron chi connectivity index (χ0n) is 10.5. The van der Waals surface area contributed by atoms with Gasteiger partial charge in [-0.2, -0.15) is 0 Å². The number of esters is 1. The van der Waals surface area contributed by atoms with Crippen LogP contribution < -0.4 is 11.1 Å². The Morgan fingerprint density at radius 1 is 1.53 bits per heavy atom. The van der Waals surface area contributed by atoms with Crippen LogP contribution in [0.5, 0.6) is 0 Å². The molecule has 1 aliphatic carbocycles. The molecule has 19 heavy (non-hydrogen) atoms. The summed E-state index contributed by atoms with van der Waals surface area (Å²) >= 11 is 0. The van der Waals surface area contributed by atoms with Crippen molar-refractivity contribution in [1.29, 1.82) is 0 Å². The Morgan fingerprint density at radius 2 is 2.32 bits per heavy atom. The fourth-order valence-corrected chi connectivity index (χ4v) is 2.15. The number of rotatable bonds is 4. The number of nitrogens with one attached hydrogen (secondary N) is 2. The lowest BCUT2D eigenvalue weighted by molar-refractivity contribution is -0.146. The van der Waals surface area contributed by atoms with Gasteiger partial charge in [-0.25, -0.2) is 4.79 Å². The molecule has 0 unspecified atom stereocenters. The molecule has 2 aromatic rings. The first kappa shape index (κ1) is 11.8. The normalized spacial score (nSPS) is 16.3. The Labute approximate surface area is 108 Å². The topological polar surface area (TPSA) is 84.3 Å². The first-order valence-corrected chi connectivity index (χ1v) is 6.08. The van der Waals surface area contributed by atoms with Gasteiger partial charge in [-0.05, 0) is 25.0 Å². The van der Waals surface area contributed by atoms with Crippen molar-refractivity contribution < 1.29 is 13.9 Å². The molecule has 6 heteroatoms. The number of aromatic nitrogens is 1. The Hall–Kier alpha value is -2.24. The predicted molar refractivity (Wildman–Crippen MR) is 69.0 cm³/mol. The SMILES string of the molecule is COC(=O)C1(CNc2ccc3[nH]c(=O)oc3c2)CC1. The van der Waals surface area contributed by atoms with Gasteiger partial charge in [0.15, 0.2) is 5.58 Å². The van der Waals surface area contributed by atoms with Gasteiger partial charge in [0, 0.05) is 18.3 Å². The minimum atomic E-state index is -0.472. The number of methoxy groups -OCH3 is 1. The molecule has 6 nitrogen and oxygen atoms in total. The van der Waals surface area contributed by atoms with Gasteiger partial charge >= 0.3 is 11.7 Å². The number of aromatic amines is 1. The molecule has 100 valence electrons. The molecular weight excluding hydrogens is 248 g/mol. The number of oxazole rings is 1. The van der Waals surface area contributed by atoms with Gasteiger partial charge < -0.3 is 14.5 Å². The van der Waals surface area contributed by atoms with E-state index in [4.69, 9.17) is 9.15 Å². The summed E-state index contributed by atoms with van der Waals surface area (Å²) in [4.78, 5) is 25.2. The molecule has 0 spiro atoms. The minimum absolute atomic E-state index is 0.172. The van der Waals surface area contributed by atoms with Gasteiger partial charge in [0.05, 0.1) is 18.0 Å². The fraction of sp³-hybridized carbons (Fsp3) is 0.385. The Balaban J connectivity index is 1.75. The highest BCUT2D eigenvalue weighted by Gasteiger charge is 2.50. The average molecular weight is 262 g/mol. The van der Waals surface area contributed by atoms with Crippen LogP contribution in [-0.4, -0.2) is 24.6 Å². The molecule has 0 aliphatic heterocycles. The molecule has 1 saturated carbocycles. The summed E-state index contributed by atoms with van der Waals surface area (Å²) in [7, 11) is 1.41. The summed E-state index contributed by atoms with van der Waals surface area (Å²) in [5, 5.41) is 3.19. The summed E-state index contributed by atoms with van der Waals surface area (Å²) in [6.07, 6.45) is 1.68. The van der Waals surface area contributed by atoms with Crippen LogP contribution in [0.3, 0.4) is 0 Å². The highest BCUT2D eigenvalue weighted by molar-refractivity contribution is 5.81. The molecule has 1 heterocycles. The molecule has 0 saturated heterocycles. The van der Waals surface area contributed by atoms with Crippen molar-refractivity contribution in [3.8, 4) is 0 Å². The molecule has 0 amide bonds. The molecule has 1 aromatic heterocycles. The van der Waals surface area contributed by atoms with E-state index in [-0.39, 0.29) is 11.4 Å². The first-order valence-electron chi connectivity index (χ1n) is 6.08. The second-order valence-corrected chi connectivity index (χ2v) is 4.85.